The first-order valence-corrected chi connectivity index (χ1v) is 10.5. The molecule has 1 aromatic heterocycles. The van der Waals surface area contributed by atoms with Gasteiger partial charge in [-0.15, -0.1) is 0 Å². The SMILES string of the molecule is CCC1CN(C(=O)CSc2nc3ccc(Br)cc3c(=O)n2CC)CCO1. The summed E-state index contributed by atoms with van der Waals surface area (Å²) in [7, 11) is 0. The number of fused-ring (bicyclic) bond motifs is 1. The molecule has 0 bridgehead atoms. The molecular formula is C18H22BrN3O3S. The molecule has 1 aromatic carbocycles. The highest BCUT2D eigenvalue weighted by atomic mass is 79.9. The van der Waals surface area contributed by atoms with Crippen LogP contribution in [0.25, 0.3) is 10.9 Å². The molecule has 2 aromatic rings. The van der Waals surface area contributed by atoms with E-state index in [1.165, 1.54) is 11.8 Å². The van der Waals surface area contributed by atoms with E-state index in [9.17, 15) is 9.59 Å². The monoisotopic (exact) mass is 439 g/mol. The third-order valence-electron chi connectivity index (χ3n) is 4.47. The van der Waals surface area contributed by atoms with Gasteiger partial charge in [0.1, 0.15) is 0 Å². The van der Waals surface area contributed by atoms with E-state index in [1.807, 2.05) is 24.0 Å². The van der Waals surface area contributed by atoms with Gasteiger partial charge in [0.25, 0.3) is 5.56 Å². The lowest BCUT2D eigenvalue weighted by atomic mass is 10.2. The van der Waals surface area contributed by atoms with Gasteiger partial charge in [0.2, 0.25) is 5.91 Å². The Balaban J connectivity index is 1.79. The summed E-state index contributed by atoms with van der Waals surface area (Å²) >= 11 is 4.72. The molecule has 0 radical (unpaired) electrons. The largest absolute Gasteiger partial charge is 0.375 e. The van der Waals surface area contributed by atoms with Crippen LogP contribution in [0.4, 0.5) is 0 Å². The number of morpholine rings is 1. The Morgan fingerprint density at radius 3 is 2.96 bits per heavy atom. The molecule has 140 valence electrons. The molecule has 1 aliphatic rings. The summed E-state index contributed by atoms with van der Waals surface area (Å²) < 4.78 is 8.09. The first-order valence-electron chi connectivity index (χ1n) is 8.75. The van der Waals surface area contributed by atoms with Crippen molar-refractivity contribution in [2.24, 2.45) is 0 Å². The van der Waals surface area contributed by atoms with Crippen LogP contribution >= 0.6 is 27.7 Å². The third kappa shape index (κ3) is 4.13. The van der Waals surface area contributed by atoms with Crippen molar-refractivity contribution in [3.8, 4) is 0 Å². The molecule has 1 amide bonds. The number of thioether (sulfide) groups is 1. The molecule has 26 heavy (non-hydrogen) atoms. The Labute approximate surface area is 165 Å². The summed E-state index contributed by atoms with van der Waals surface area (Å²) in [6.45, 7) is 6.32. The van der Waals surface area contributed by atoms with Crippen LogP contribution in [0.3, 0.4) is 0 Å². The highest BCUT2D eigenvalue weighted by Crippen LogP contribution is 2.21. The second-order valence-corrected chi connectivity index (χ2v) is 7.99. The molecule has 1 saturated heterocycles. The molecule has 2 heterocycles. The summed E-state index contributed by atoms with van der Waals surface area (Å²) in [5.74, 6) is 0.329. The molecule has 6 nitrogen and oxygen atoms in total. The third-order valence-corrected chi connectivity index (χ3v) is 5.92. The number of aromatic nitrogens is 2. The zero-order valence-corrected chi connectivity index (χ0v) is 17.3. The zero-order valence-electron chi connectivity index (χ0n) is 14.9. The van der Waals surface area contributed by atoms with Crippen molar-refractivity contribution in [1.82, 2.24) is 14.5 Å². The summed E-state index contributed by atoms with van der Waals surface area (Å²) in [6, 6.07) is 5.47. The zero-order chi connectivity index (χ0) is 18.7. The summed E-state index contributed by atoms with van der Waals surface area (Å²) in [6.07, 6.45) is 1.01. The normalized spacial score (nSPS) is 17.7. The van der Waals surface area contributed by atoms with E-state index in [-0.39, 0.29) is 23.3 Å². The Hall–Kier alpha value is -1.38. The fraction of sp³-hybridized carbons (Fsp3) is 0.500. The number of hydrogen-bond donors (Lipinski definition) is 0. The lowest BCUT2D eigenvalue weighted by molar-refractivity contribution is -0.135. The smallest absolute Gasteiger partial charge is 0.262 e. The van der Waals surface area contributed by atoms with Crippen molar-refractivity contribution < 1.29 is 9.53 Å². The number of halogens is 1. The van der Waals surface area contributed by atoms with Crippen LogP contribution in [0, 0.1) is 0 Å². The van der Waals surface area contributed by atoms with E-state index >= 15 is 0 Å². The second kappa shape index (κ2) is 8.54. The minimum Gasteiger partial charge on any atom is -0.375 e. The van der Waals surface area contributed by atoms with Crippen molar-refractivity contribution >= 4 is 44.5 Å². The van der Waals surface area contributed by atoms with E-state index < -0.39 is 0 Å². The van der Waals surface area contributed by atoms with Gasteiger partial charge in [0.05, 0.1) is 29.4 Å². The average molecular weight is 440 g/mol. The second-order valence-electron chi connectivity index (χ2n) is 6.13. The number of carbonyl (C=O) groups excluding carboxylic acids is 1. The van der Waals surface area contributed by atoms with Crippen LogP contribution in [-0.4, -0.2) is 51.9 Å². The van der Waals surface area contributed by atoms with Crippen molar-refractivity contribution in [2.75, 3.05) is 25.4 Å². The molecule has 0 spiro atoms. The van der Waals surface area contributed by atoms with Gasteiger partial charge in [0.15, 0.2) is 5.16 Å². The standard InChI is InChI=1S/C18H22BrN3O3S/c1-3-13-10-21(7-8-25-13)16(23)11-26-18-20-15-6-5-12(19)9-14(15)17(24)22(18)4-2/h5-6,9,13H,3-4,7-8,10-11H2,1-2H3. The number of amides is 1. The van der Waals surface area contributed by atoms with Gasteiger partial charge in [-0.1, -0.05) is 34.6 Å². The molecule has 1 unspecified atom stereocenters. The van der Waals surface area contributed by atoms with Gasteiger partial charge in [-0.25, -0.2) is 4.98 Å². The van der Waals surface area contributed by atoms with Gasteiger partial charge in [-0.2, -0.15) is 0 Å². The van der Waals surface area contributed by atoms with E-state index in [4.69, 9.17) is 4.74 Å². The Kier molecular flexibility index (Phi) is 6.37. The molecule has 0 saturated carbocycles. The van der Waals surface area contributed by atoms with Crippen LogP contribution in [0.15, 0.2) is 32.6 Å². The molecule has 0 N–H and O–H groups in total. The minimum absolute atomic E-state index is 0.0598. The summed E-state index contributed by atoms with van der Waals surface area (Å²) in [4.78, 5) is 31.7. The molecule has 3 rings (SSSR count). The highest BCUT2D eigenvalue weighted by molar-refractivity contribution is 9.10. The van der Waals surface area contributed by atoms with Gasteiger partial charge < -0.3 is 9.64 Å². The maximum atomic E-state index is 12.7. The summed E-state index contributed by atoms with van der Waals surface area (Å²) in [5, 5.41) is 1.16. The Bertz CT molecular complexity index is 871. The maximum Gasteiger partial charge on any atom is 0.262 e. The lowest BCUT2D eigenvalue weighted by Gasteiger charge is -2.32. The summed E-state index contributed by atoms with van der Waals surface area (Å²) in [5.41, 5.74) is 0.571. The van der Waals surface area contributed by atoms with Gasteiger partial charge in [0, 0.05) is 24.1 Å². The predicted octanol–water partition coefficient (Wildman–Crippen LogP) is 2.91. The predicted molar refractivity (Wildman–Crippen MR) is 107 cm³/mol. The number of nitrogens with zero attached hydrogens (tertiary/aromatic N) is 3. The molecule has 0 aliphatic carbocycles. The van der Waals surface area contributed by atoms with Crippen molar-refractivity contribution in [3.05, 3.63) is 33.0 Å². The molecule has 1 fully saturated rings. The van der Waals surface area contributed by atoms with Crippen LogP contribution in [0.5, 0.6) is 0 Å². The minimum atomic E-state index is -0.0776. The fourth-order valence-electron chi connectivity index (χ4n) is 2.97. The molecule has 1 atom stereocenters. The quantitative estimate of drug-likeness (QED) is 0.529. The molecular weight excluding hydrogens is 418 g/mol. The van der Waals surface area contributed by atoms with Crippen LogP contribution in [0.1, 0.15) is 20.3 Å². The van der Waals surface area contributed by atoms with E-state index in [1.54, 1.807) is 10.6 Å². The molecule has 1 aliphatic heterocycles. The van der Waals surface area contributed by atoms with Gasteiger partial charge in [-0.3, -0.25) is 14.2 Å². The first kappa shape index (κ1) is 19.4. The fourth-order valence-corrected chi connectivity index (χ4v) is 4.30. The maximum absolute atomic E-state index is 12.7. The van der Waals surface area contributed by atoms with Crippen LogP contribution in [0.2, 0.25) is 0 Å². The average Bonchev–Trinajstić information content (AvgIpc) is 2.66. The Morgan fingerprint density at radius 2 is 2.23 bits per heavy atom. The number of benzene rings is 1. The number of rotatable bonds is 5. The number of carbonyl (C=O) groups is 1. The molecule has 8 heteroatoms. The highest BCUT2D eigenvalue weighted by Gasteiger charge is 2.23. The van der Waals surface area contributed by atoms with Crippen molar-refractivity contribution in [3.63, 3.8) is 0 Å². The topological polar surface area (TPSA) is 64.4 Å². The van der Waals surface area contributed by atoms with E-state index in [0.717, 1.165) is 10.9 Å². The van der Waals surface area contributed by atoms with Gasteiger partial charge in [-0.05, 0) is 31.5 Å². The van der Waals surface area contributed by atoms with Gasteiger partial charge >= 0.3 is 0 Å². The van der Waals surface area contributed by atoms with E-state index in [2.05, 4.69) is 27.8 Å². The number of hydrogen-bond acceptors (Lipinski definition) is 5. The van der Waals surface area contributed by atoms with Crippen molar-refractivity contribution in [1.29, 1.82) is 0 Å². The lowest BCUT2D eigenvalue weighted by Crippen LogP contribution is -2.46. The first-order chi connectivity index (χ1) is 12.5. The number of ether oxygens (including phenoxy) is 1. The van der Waals surface area contributed by atoms with Crippen LogP contribution in [-0.2, 0) is 16.1 Å². The van der Waals surface area contributed by atoms with Crippen LogP contribution < -0.4 is 5.56 Å². The van der Waals surface area contributed by atoms with E-state index in [0.29, 0.717) is 42.3 Å². The van der Waals surface area contributed by atoms with Crippen molar-refractivity contribution in [2.45, 2.75) is 38.1 Å². The Morgan fingerprint density at radius 1 is 1.42 bits per heavy atom.